The maximum absolute atomic E-state index is 12.0. The second kappa shape index (κ2) is 8.53. The molecule has 0 aromatic heterocycles. The third-order valence-electron chi connectivity index (χ3n) is 3.53. The molecule has 0 aliphatic carbocycles. The molecular weight excluding hydrogens is 378 g/mol. The number of benzene rings is 2. The molecule has 0 saturated carbocycles. The van der Waals surface area contributed by atoms with Crippen molar-refractivity contribution >= 4 is 27.4 Å². The molecule has 8 heteroatoms. The van der Waals surface area contributed by atoms with E-state index >= 15 is 0 Å². The van der Waals surface area contributed by atoms with Gasteiger partial charge in [-0.15, -0.1) is 0 Å². The van der Waals surface area contributed by atoms with Crippen LogP contribution in [0.2, 0.25) is 5.02 Å². The zero-order valence-electron chi connectivity index (χ0n) is 14.7. The van der Waals surface area contributed by atoms with Gasteiger partial charge in [0.1, 0.15) is 24.7 Å². The van der Waals surface area contributed by atoms with Gasteiger partial charge in [-0.05, 0) is 49.4 Å². The summed E-state index contributed by atoms with van der Waals surface area (Å²) in [4.78, 5) is 11.8. The van der Waals surface area contributed by atoms with Crippen LogP contribution in [-0.4, -0.2) is 45.8 Å². The minimum atomic E-state index is -3.46. The van der Waals surface area contributed by atoms with Crippen LogP contribution in [0.4, 0.5) is 0 Å². The number of ether oxygens (including phenoxy) is 2. The molecule has 0 spiro atoms. The van der Waals surface area contributed by atoms with Gasteiger partial charge in [0.15, 0.2) is 5.78 Å². The molecule has 0 atom stereocenters. The Morgan fingerprint density at radius 2 is 1.65 bits per heavy atom. The third kappa shape index (κ3) is 4.97. The zero-order valence-corrected chi connectivity index (χ0v) is 16.3. The summed E-state index contributed by atoms with van der Waals surface area (Å²) in [5, 5.41) is 0.464. The Morgan fingerprint density at radius 1 is 1.04 bits per heavy atom. The molecule has 6 nitrogen and oxygen atoms in total. The number of hydrogen-bond acceptors (Lipinski definition) is 5. The first kappa shape index (κ1) is 20.2. The molecule has 0 heterocycles. The van der Waals surface area contributed by atoms with Gasteiger partial charge in [0, 0.05) is 19.1 Å². The van der Waals surface area contributed by atoms with E-state index in [1.807, 2.05) is 0 Å². The van der Waals surface area contributed by atoms with Crippen molar-refractivity contribution in [1.29, 1.82) is 0 Å². The molecule has 2 rings (SSSR count). The third-order valence-corrected chi connectivity index (χ3v) is 5.60. The van der Waals surface area contributed by atoms with Crippen molar-refractivity contribution in [1.82, 2.24) is 4.31 Å². The lowest BCUT2D eigenvalue weighted by Crippen LogP contribution is -2.22. The van der Waals surface area contributed by atoms with E-state index in [0.29, 0.717) is 22.1 Å². The van der Waals surface area contributed by atoms with Gasteiger partial charge in [-0.3, -0.25) is 4.79 Å². The van der Waals surface area contributed by atoms with Crippen LogP contribution >= 0.6 is 11.6 Å². The summed E-state index contributed by atoms with van der Waals surface area (Å²) >= 11 is 5.89. The number of carbonyl (C=O) groups is 1. The minimum Gasteiger partial charge on any atom is -0.490 e. The molecule has 2 aromatic carbocycles. The van der Waals surface area contributed by atoms with E-state index in [4.69, 9.17) is 21.1 Å². The standard InChI is InChI=1S/C18H20ClNO5S/c1-13(21)17-12-14(19)4-9-18(17)25-11-10-24-15-5-7-16(8-6-15)26(22,23)20(2)3/h4-9,12H,10-11H2,1-3H3. The van der Waals surface area contributed by atoms with Gasteiger partial charge in [-0.1, -0.05) is 11.6 Å². The van der Waals surface area contributed by atoms with Crippen molar-refractivity contribution in [2.75, 3.05) is 27.3 Å². The molecule has 0 bridgehead atoms. The van der Waals surface area contributed by atoms with Crippen molar-refractivity contribution in [3.63, 3.8) is 0 Å². The van der Waals surface area contributed by atoms with Crippen LogP contribution in [0.3, 0.4) is 0 Å². The fourth-order valence-corrected chi connectivity index (χ4v) is 3.21. The van der Waals surface area contributed by atoms with E-state index in [1.165, 1.54) is 33.2 Å². The Morgan fingerprint density at radius 3 is 2.23 bits per heavy atom. The molecular formula is C18H20ClNO5S. The van der Waals surface area contributed by atoms with Crippen molar-refractivity contribution in [2.45, 2.75) is 11.8 Å². The normalized spacial score (nSPS) is 11.4. The van der Waals surface area contributed by atoms with Gasteiger partial charge in [-0.2, -0.15) is 0 Å². The summed E-state index contributed by atoms with van der Waals surface area (Å²) in [6, 6.07) is 11.0. The van der Waals surface area contributed by atoms with E-state index in [9.17, 15) is 13.2 Å². The lowest BCUT2D eigenvalue weighted by molar-refractivity contribution is 0.101. The van der Waals surface area contributed by atoms with Crippen molar-refractivity contribution in [3.05, 3.63) is 53.1 Å². The molecule has 0 saturated heterocycles. The number of Topliss-reactive ketones (excluding diaryl/α,β-unsaturated/α-hetero) is 1. The number of ketones is 1. The lowest BCUT2D eigenvalue weighted by atomic mass is 10.1. The highest BCUT2D eigenvalue weighted by Gasteiger charge is 2.16. The van der Waals surface area contributed by atoms with Gasteiger partial charge in [-0.25, -0.2) is 12.7 Å². The first-order valence-corrected chi connectivity index (χ1v) is 9.62. The van der Waals surface area contributed by atoms with Crippen LogP contribution in [0.15, 0.2) is 47.4 Å². The molecule has 140 valence electrons. The van der Waals surface area contributed by atoms with E-state index in [-0.39, 0.29) is 23.9 Å². The van der Waals surface area contributed by atoms with E-state index < -0.39 is 10.0 Å². The van der Waals surface area contributed by atoms with Crippen LogP contribution in [0.1, 0.15) is 17.3 Å². The highest BCUT2D eigenvalue weighted by molar-refractivity contribution is 7.89. The van der Waals surface area contributed by atoms with Crippen LogP contribution in [-0.2, 0) is 10.0 Å². The summed E-state index contributed by atoms with van der Waals surface area (Å²) in [5.41, 5.74) is 0.413. The number of nitrogens with zero attached hydrogens (tertiary/aromatic N) is 1. The average Bonchev–Trinajstić information content (AvgIpc) is 2.59. The SMILES string of the molecule is CC(=O)c1cc(Cl)ccc1OCCOc1ccc(S(=O)(=O)N(C)C)cc1. The highest BCUT2D eigenvalue weighted by atomic mass is 35.5. The van der Waals surface area contributed by atoms with Crippen LogP contribution in [0, 0.1) is 0 Å². The van der Waals surface area contributed by atoms with Gasteiger partial charge < -0.3 is 9.47 Å². The minimum absolute atomic E-state index is 0.138. The Hall–Kier alpha value is -2.09. The topological polar surface area (TPSA) is 72.9 Å². The first-order chi connectivity index (χ1) is 12.2. The number of halogens is 1. The molecule has 2 aromatic rings. The number of hydrogen-bond donors (Lipinski definition) is 0. The molecule has 0 fully saturated rings. The zero-order chi connectivity index (χ0) is 19.3. The lowest BCUT2D eigenvalue weighted by Gasteiger charge is -2.13. The Labute approximate surface area is 158 Å². The summed E-state index contributed by atoms with van der Waals surface area (Å²) in [7, 11) is -0.510. The largest absolute Gasteiger partial charge is 0.490 e. The Balaban J connectivity index is 1.92. The first-order valence-electron chi connectivity index (χ1n) is 7.80. The molecule has 0 aliphatic heterocycles. The van der Waals surface area contributed by atoms with Crippen LogP contribution in [0.25, 0.3) is 0 Å². The van der Waals surface area contributed by atoms with Gasteiger partial charge in [0.2, 0.25) is 10.0 Å². The van der Waals surface area contributed by atoms with Crippen LogP contribution in [0.5, 0.6) is 11.5 Å². The molecule has 0 unspecified atom stereocenters. The maximum Gasteiger partial charge on any atom is 0.242 e. The van der Waals surface area contributed by atoms with Crippen molar-refractivity contribution in [2.24, 2.45) is 0 Å². The summed E-state index contributed by atoms with van der Waals surface area (Å²) in [6.07, 6.45) is 0. The number of carbonyl (C=O) groups excluding carboxylic acids is 1. The predicted molar refractivity (Wildman–Crippen MR) is 99.8 cm³/mol. The Kier molecular flexibility index (Phi) is 6.63. The second-order valence-electron chi connectivity index (χ2n) is 5.65. The monoisotopic (exact) mass is 397 g/mol. The summed E-state index contributed by atoms with van der Waals surface area (Å²) in [6.45, 7) is 1.90. The van der Waals surface area contributed by atoms with Crippen molar-refractivity contribution < 1.29 is 22.7 Å². The molecule has 0 amide bonds. The summed E-state index contributed by atoms with van der Waals surface area (Å²) in [5.74, 6) is 0.827. The molecule has 0 radical (unpaired) electrons. The van der Waals surface area contributed by atoms with E-state index in [0.717, 1.165) is 4.31 Å². The molecule has 0 aliphatic rings. The fourth-order valence-electron chi connectivity index (χ4n) is 2.13. The van der Waals surface area contributed by atoms with Crippen LogP contribution < -0.4 is 9.47 Å². The fraction of sp³-hybridized carbons (Fsp3) is 0.278. The van der Waals surface area contributed by atoms with Gasteiger partial charge in [0.05, 0.1) is 10.5 Å². The second-order valence-corrected chi connectivity index (χ2v) is 8.24. The maximum atomic E-state index is 12.0. The summed E-state index contributed by atoms with van der Waals surface area (Å²) < 4.78 is 36.3. The van der Waals surface area contributed by atoms with E-state index in [2.05, 4.69) is 0 Å². The predicted octanol–water partition coefficient (Wildman–Crippen LogP) is 3.25. The van der Waals surface area contributed by atoms with Gasteiger partial charge in [0.25, 0.3) is 0 Å². The number of rotatable bonds is 8. The van der Waals surface area contributed by atoms with E-state index in [1.54, 1.807) is 30.3 Å². The number of sulfonamides is 1. The highest BCUT2D eigenvalue weighted by Crippen LogP contribution is 2.23. The molecule has 26 heavy (non-hydrogen) atoms. The molecule has 0 N–H and O–H groups in total. The quantitative estimate of drug-likeness (QED) is 0.505. The smallest absolute Gasteiger partial charge is 0.242 e. The average molecular weight is 398 g/mol. The Bertz CT molecular complexity index is 879. The van der Waals surface area contributed by atoms with Gasteiger partial charge >= 0.3 is 0 Å². The van der Waals surface area contributed by atoms with Crippen molar-refractivity contribution in [3.8, 4) is 11.5 Å².